The first-order valence-electron chi connectivity index (χ1n) is 1.84. The summed E-state index contributed by atoms with van der Waals surface area (Å²) in [6, 6.07) is 0. The summed E-state index contributed by atoms with van der Waals surface area (Å²) in [5.41, 5.74) is 4.60. The van der Waals surface area contributed by atoms with E-state index in [1.807, 2.05) is 0 Å². The van der Waals surface area contributed by atoms with Gasteiger partial charge in [-0.1, -0.05) is 0 Å². The summed E-state index contributed by atoms with van der Waals surface area (Å²) in [7, 11) is -4.91. The minimum absolute atomic E-state index is 0.624. The average molecular weight is 154 g/mol. The van der Waals surface area contributed by atoms with E-state index in [9.17, 15) is 17.8 Å². The smallest absolute Gasteiger partial charge is 0.334 e. The van der Waals surface area contributed by atoms with E-state index in [2.05, 4.69) is 9.92 Å². The lowest BCUT2D eigenvalue weighted by Crippen LogP contribution is -2.20. The molecule has 0 unspecified atom stereocenters. The summed E-state index contributed by atoms with van der Waals surface area (Å²) >= 11 is 0. The Labute approximate surface area is 51.6 Å². The van der Waals surface area contributed by atoms with Crippen molar-refractivity contribution < 1.29 is 21.9 Å². The minimum atomic E-state index is -4.91. The third-order valence-corrected chi connectivity index (χ3v) is 0.752. The molecule has 0 spiro atoms. The van der Waals surface area contributed by atoms with E-state index in [0.29, 0.717) is 0 Å². The van der Waals surface area contributed by atoms with E-state index >= 15 is 0 Å². The third-order valence-electron chi connectivity index (χ3n) is 0.362. The van der Waals surface area contributed by atoms with Crippen LogP contribution < -0.4 is 5.73 Å². The maximum Gasteiger partial charge on any atom is 0.334 e. The van der Waals surface area contributed by atoms with Crippen LogP contribution in [-0.4, -0.2) is 25.5 Å². The van der Waals surface area contributed by atoms with Gasteiger partial charge in [0, 0.05) is 0 Å². The van der Waals surface area contributed by atoms with Crippen molar-refractivity contribution in [3.8, 4) is 0 Å². The molecule has 0 fully saturated rings. The van der Waals surface area contributed by atoms with E-state index in [0.717, 1.165) is 0 Å². The van der Waals surface area contributed by atoms with Crippen LogP contribution in [-0.2, 0) is 19.4 Å². The van der Waals surface area contributed by atoms with Crippen LogP contribution in [0.25, 0.3) is 0 Å². The second kappa shape index (κ2) is 2.76. The molecule has 0 aromatic rings. The van der Waals surface area contributed by atoms with Crippen LogP contribution in [0.5, 0.6) is 0 Å². The van der Waals surface area contributed by atoms with E-state index in [-0.39, 0.29) is 0 Å². The second-order valence-electron chi connectivity index (χ2n) is 1.07. The van der Waals surface area contributed by atoms with Gasteiger partial charge in [0.1, 0.15) is 0 Å². The summed E-state index contributed by atoms with van der Waals surface area (Å²) in [5.74, 6) is -1.26. The topological polar surface area (TPSA) is 110 Å². The Morgan fingerprint density at radius 1 is 1.67 bits per heavy atom. The van der Waals surface area contributed by atoms with Gasteiger partial charge in [0.25, 0.3) is 10.4 Å². The van der Waals surface area contributed by atoms with Crippen LogP contribution in [0.1, 0.15) is 0 Å². The van der Waals surface area contributed by atoms with Crippen molar-refractivity contribution in [3.05, 3.63) is 0 Å². The predicted octanol–water partition coefficient (Wildman–Crippen LogP) is -2.05. The standard InChI is InChI=1S/C2H5NO5S/c3-1-2(4)8-9(5,6)7/h1,3H2,(H,5,6,7)/p-1. The molecule has 0 aromatic carbocycles. The summed E-state index contributed by atoms with van der Waals surface area (Å²) in [5, 5.41) is 0. The Bertz CT molecular complexity index is 193. The number of carbonyl (C=O) groups is 1. The zero-order valence-corrected chi connectivity index (χ0v) is 5.05. The van der Waals surface area contributed by atoms with Crippen molar-refractivity contribution in [2.75, 3.05) is 6.54 Å². The van der Waals surface area contributed by atoms with Gasteiger partial charge >= 0.3 is 5.97 Å². The molecule has 0 bridgehead atoms. The lowest BCUT2D eigenvalue weighted by atomic mass is 10.7. The first-order chi connectivity index (χ1) is 3.95. The van der Waals surface area contributed by atoms with Crippen molar-refractivity contribution >= 4 is 16.4 Å². The number of rotatable bonds is 2. The maximum atomic E-state index is 9.90. The molecule has 2 N–H and O–H groups in total. The molecule has 0 aliphatic heterocycles. The summed E-state index contributed by atoms with van der Waals surface area (Å²) in [4.78, 5) is 9.90. The van der Waals surface area contributed by atoms with Crippen molar-refractivity contribution in [1.29, 1.82) is 0 Å². The summed E-state index contributed by atoms with van der Waals surface area (Å²) in [6.07, 6.45) is 0. The predicted molar refractivity (Wildman–Crippen MR) is 24.8 cm³/mol. The minimum Gasteiger partial charge on any atom is -0.716 e. The highest BCUT2D eigenvalue weighted by Crippen LogP contribution is 1.83. The van der Waals surface area contributed by atoms with E-state index in [4.69, 9.17) is 0 Å². The molecule has 54 valence electrons. The molecular weight excluding hydrogens is 150 g/mol. The average Bonchev–Trinajstić information content (AvgIpc) is 1.62. The van der Waals surface area contributed by atoms with Crippen LogP contribution in [0.4, 0.5) is 0 Å². The monoisotopic (exact) mass is 154 g/mol. The molecule has 9 heavy (non-hydrogen) atoms. The van der Waals surface area contributed by atoms with Crippen LogP contribution >= 0.6 is 0 Å². The number of hydrogen-bond acceptors (Lipinski definition) is 6. The second-order valence-corrected chi connectivity index (χ2v) is 2.05. The van der Waals surface area contributed by atoms with Crippen molar-refractivity contribution in [3.63, 3.8) is 0 Å². The molecule has 7 heteroatoms. The molecule has 6 nitrogen and oxygen atoms in total. The van der Waals surface area contributed by atoms with Gasteiger partial charge in [0.2, 0.25) is 0 Å². The fourth-order valence-electron chi connectivity index (χ4n) is 0.148. The number of nitrogens with two attached hydrogens (primary N) is 1. The molecular formula is C2H4NO5S-. The highest BCUT2D eigenvalue weighted by atomic mass is 32.3. The third kappa shape index (κ3) is 5.21. The van der Waals surface area contributed by atoms with E-state index < -0.39 is 22.9 Å². The Balaban J connectivity index is 3.91. The van der Waals surface area contributed by atoms with Gasteiger partial charge in [-0.25, -0.2) is 13.2 Å². The SMILES string of the molecule is NCC(=O)OS(=O)(=O)[O-]. The highest BCUT2D eigenvalue weighted by molar-refractivity contribution is 7.81. The van der Waals surface area contributed by atoms with Crippen LogP contribution in [0, 0.1) is 0 Å². The number of hydrogen-bond donors (Lipinski definition) is 1. The Morgan fingerprint density at radius 3 is 2.22 bits per heavy atom. The molecule has 0 aromatic heterocycles. The molecule has 0 rings (SSSR count). The molecule has 0 amide bonds. The molecule has 0 aliphatic rings. The van der Waals surface area contributed by atoms with Crippen LogP contribution in [0.2, 0.25) is 0 Å². The molecule has 0 atom stereocenters. The molecule has 0 saturated carbocycles. The molecule has 0 saturated heterocycles. The fraction of sp³-hybridized carbons (Fsp3) is 0.500. The van der Waals surface area contributed by atoms with E-state index in [1.165, 1.54) is 0 Å². The fourth-order valence-corrected chi connectivity index (χ4v) is 0.444. The van der Waals surface area contributed by atoms with Gasteiger partial charge in [0.15, 0.2) is 0 Å². The first kappa shape index (κ1) is 8.34. The molecule has 0 aliphatic carbocycles. The highest BCUT2D eigenvalue weighted by Gasteiger charge is 2.01. The van der Waals surface area contributed by atoms with Gasteiger partial charge in [0.05, 0.1) is 6.54 Å². The van der Waals surface area contributed by atoms with Crippen molar-refractivity contribution in [1.82, 2.24) is 0 Å². The summed E-state index contributed by atoms with van der Waals surface area (Å²) < 4.78 is 31.9. The van der Waals surface area contributed by atoms with Gasteiger partial charge in [-0.15, -0.1) is 0 Å². The normalized spacial score (nSPS) is 10.9. The molecule has 0 radical (unpaired) electrons. The van der Waals surface area contributed by atoms with Gasteiger partial charge in [-0.3, -0.25) is 0 Å². The summed E-state index contributed by atoms with van der Waals surface area (Å²) in [6.45, 7) is -0.624. The van der Waals surface area contributed by atoms with E-state index in [1.54, 1.807) is 0 Å². The first-order valence-corrected chi connectivity index (χ1v) is 3.17. The zero-order valence-electron chi connectivity index (χ0n) is 4.23. The quantitative estimate of drug-likeness (QED) is 0.362. The Morgan fingerprint density at radius 2 is 2.11 bits per heavy atom. The maximum absolute atomic E-state index is 9.90. The Hall–Kier alpha value is -0.660. The van der Waals surface area contributed by atoms with Gasteiger partial charge in [-0.2, -0.15) is 0 Å². The lowest BCUT2D eigenvalue weighted by Gasteiger charge is -2.04. The van der Waals surface area contributed by atoms with Crippen LogP contribution in [0.3, 0.4) is 0 Å². The largest absolute Gasteiger partial charge is 0.716 e. The van der Waals surface area contributed by atoms with Crippen LogP contribution in [0.15, 0.2) is 0 Å². The molecule has 0 heterocycles. The Kier molecular flexibility index (Phi) is 2.56. The number of carbonyl (C=O) groups excluding carboxylic acids is 1. The van der Waals surface area contributed by atoms with Gasteiger partial charge < -0.3 is 14.5 Å². The van der Waals surface area contributed by atoms with Gasteiger partial charge in [-0.05, 0) is 0 Å². The zero-order chi connectivity index (χ0) is 7.49. The lowest BCUT2D eigenvalue weighted by molar-refractivity contribution is -0.132. The van der Waals surface area contributed by atoms with Crippen molar-refractivity contribution in [2.24, 2.45) is 5.73 Å². The van der Waals surface area contributed by atoms with Crippen molar-refractivity contribution in [2.45, 2.75) is 0 Å².